The third-order valence-electron chi connectivity index (χ3n) is 5.59. The summed E-state index contributed by atoms with van der Waals surface area (Å²) in [4.78, 5) is 35.2. The van der Waals surface area contributed by atoms with E-state index in [0.29, 0.717) is 27.8 Å². The number of aromatic nitrogens is 1. The van der Waals surface area contributed by atoms with Gasteiger partial charge >= 0.3 is 0 Å². The third kappa shape index (κ3) is 5.38. The molecule has 3 aromatic carbocycles. The monoisotopic (exact) mass is 604 g/mol. The highest BCUT2D eigenvalue weighted by molar-refractivity contribution is 9.10. The lowest BCUT2D eigenvalue weighted by molar-refractivity contribution is -0.122. The van der Waals surface area contributed by atoms with Crippen molar-refractivity contribution in [3.8, 4) is 22.8 Å². The Bertz CT molecular complexity index is 1550. The molecule has 7 nitrogen and oxygen atoms in total. The molecule has 2 amide bonds. The topological polar surface area (TPSA) is 74.8 Å². The maximum Gasteiger partial charge on any atom is 0.270 e. The normalized spacial score (nSPS) is 14.6. The first-order valence-electron chi connectivity index (χ1n) is 11.5. The van der Waals surface area contributed by atoms with Crippen molar-refractivity contribution >= 4 is 73.3 Å². The maximum absolute atomic E-state index is 13.6. The van der Waals surface area contributed by atoms with Gasteiger partial charge in [-0.3, -0.25) is 19.8 Å². The minimum Gasteiger partial charge on any atom is -0.457 e. The number of anilines is 2. The van der Waals surface area contributed by atoms with Crippen molar-refractivity contribution in [2.75, 3.05) is 23.9 Å². The van der Waals surface area contributed by atoms with Crippen LogP contribution in [0.3, 0.4) is 0 Å². The summed E-state index contributed by atoms with van der Waals surface area (Å²) in [5.41, 5.74) is 2.03. The molecule has 38 heavy (non-hydrogen) atoms. The first-order chi connectivity index (χ1) is 18.3. The summed E-state index contributed by atoms with van der Waals surface area (Å²) >= 11 is 10.2. The van der Waals surface area contributed by atoms with Gasteiger partial charge in [-0.25, -0.2) is 4.98 Å². The van der Waals surface area contributed by atoms with Crippen molar-refractivity contribution in [3.63, 3.8) is 0 Å². The van der Waals surface area contributed by atoms with Gasteiger partial charge < -0.3 is 9.64 Å². The van der Waals surface area contributed by atoms with Crippen LogP contribution in [-0.2, 0) is 9.59 Å². The number of carbonyl (C=O) groups excluding carboxylic acids is 2. The SMILES string of the molecule is CN(C)c1nc(-c2ccc(Br)cc2)c(C=C2C(=O)NC(=S)N(c3ccc(Oc4ccccc4)cc3)C2=O)s1. The van der Waals surface area contributed by atoms with Gasteiger partial charge in [-0.1, -0.05) is 57.6 Å². The molecule has 1 N–H and O–H groups in total. The number of ether oxygens (including phenoxy) is 1. The van der Waals surface area contributed by atoms with Crippen molar-refractivity contribution in [2.24, 2.45) is 0 Å². The van der Waals surface area contributed by atoms with Gasteiger partial charge in [0.05, 0.1) is 16.3 Å². The van der Waals surface area contributed by atoms with E-state index in [0.717, 1.165) is 15.2 Å². The molecule has 5 rings (SSSR count). The molecule has 0 radical (unpaired) electrons. The van der Waals surface area contributed by atoms with E-state index >= 15 is 0 Å². The average Bonchev–Trinajstić information content (AvgIpc) is 3.33. The molecule has 0 spiro atoms. The Balaban J connectivity index is 1.48. The predicted molar refractivity (Wildman–Crippen MR) is 159 cm³/mol. The summed E-state index contributed by atoms with van der Waals surface area (Å²) in [6.07, 6.45) is 1.58. The lowest BCUT2D eigenvalue weighted by Crippen LogP contribution is -2.54. The zero-order chi connectivity index (χ0) is 26.8. The Morgan fingerprint density at radius 3 is 2.29 bits per heavy atom. The van der Waals surface area contributed by atoms with E-state index in [4.69, 9.17) is 21.9 Å². The second-order valence-electron chi connectivity index (χ2n) is 8.48. The van der Waals surface area contributed by atoms with E-state index in [1.165, 1.54) is 16.2 Å². The molecule has 4 aromatic rings. The van der Waals surface area contributed by atoms with E-state index in [1.807, 2.05) is 73.6 Å². The summed E-state index contributed by atoms with van der Waals surface area (Å²) in [5.74, 6) is 0.236. The van der Waals surface area contributed by atoms with E-state index < -0.39 is 11.8 Å². The van der Waals surface area contributed by atoms with Crippen LogP contribution < -0.4 is 19.9 Å². The Kier molecular flexibility index (Phi) is 7.37. The van der Waals surface area contributed by atoms with Gasteiger partial charge in [0.1, 0.15) is 17.1 Å². The molecule has 2 heterocycles. The fourth-order valence-corrected chi connectivity index (χ4v) is 5.23. The van der Waals surface area contributed by atoms with Gasteiger partial charge in [0.25, 0.3) is 11.8 Å². The molecule has 0 unspecified atom stereocenters. The molecular weight excluding hydrogens is 584 g/mol. The highest BCUT2D eigenvalue weighted by Crippen LogP contribution is 2.35. The Morgan fingerprint density at radius 1 is 0.974 bits per heavy atom. The van der Waals surface area contributed by atoms with E-state index in [9.17, 15) is 9.59 Å². The van der Waals surface area contributed by atoms with Gasteiger partial charge in [-0.05, 0) is 66.8 Å². The number of para-hydroxylation sites is 1. The molecule has 10 heteroatoms. The first-order valence-corrected chi connectivity index (χ1v) is 13.5. The molecule has 1 aliphatic heterocycles. The second kappa shape index (κ2) is 10.9. The van der Waals surface area contributed by atoms with Crippen molar-refractivity contribution in [1.82, 2.24) is 10.3 Å². The molecule has 0 bridgehead atoms. The van der Waals surface area contributed by atoms with E-state index in [2.05, 4.69) is 21.2 Å². The van der Waals surface area contributed by atoms with Gasteiger partial charge in [0.2, 0.25) is 0 Å². The lowest BCUT2D eigenvalue weighted by atomic mass is 10.1. The van der Waals surface area contributed by atoms with Crippen LogP contribution >= 0.6 is 39.5 Å². The average molecular weight is 606 g/mol. The summed E-state index contributed by atoms with van der Waals surface area (Å²) in [5, 5.41) is 3.41. The third-order valence-corrected chi connectivity index (χ3v) is 7.58. The van der Waals surface area contributed by atoms with Crippen LogP contribution in [0.15, 0.2) is 88.9 Å². The number of amides is 2. The highest BCUT2D eigenvalue weighted by Gasteiger charge is 2.35. The molecular formula is C28H21BrN4O3S2. The molecule has 0 saturated carbocycles. The highest BCUT2D eigenvalue weighted by atomic mass is 79.9. The smallest absolute Gasteiger partial charge is 0.270 e. The number of hydrogen-bond donors (Lipinski definition) is 1. The Hall–Kier alpha value is -3.86. The fraction of sp³-hybridized carbons (Fsp3) is 0.0714. The van der Waals surface area contributed by atoms with E-state index in [1.54, 1.807) is 30.3 Å². The van der Waals surface area contributed by atoms with Gasteiger partial charge in [0, 0.05) is 24.1 Å². The number of hydrogen-bond acceptors (Lipinski definition) is 7. The lowest BCUT2D eigenvalue weighted by Gasteiger charge is -2.29. The number of nitrogens with zero attached hydrogens (tertiary/aromatic N) is 3. The van der Waals surface area contributed by atoms with Crippen molar-refractivity contribution in [3.05, 3.63) is 93.8 Å². The van der Waals surface area contributed by atoms with Gasteiger partial charge in [-0.15, -0.1) is 0 Å². The zero-order valence-electron chi connectivity index (χ0n) is 20.3. The number of thiazole rings is 1. The van der Waals surface area contributed by atoms with Crippen molar-refractivity contribution in [2.45, 2.75) is 0 Å². The van der Waals surface area contributed by atoms with Gasteiger partial charge in [0.15, 0.2) is 10.2 Å². The molecule has 1 saturated heterocycles. The van der Waals surface area contributed by atoms with Crippen LogP contribution in [0.1, 0.15) is 4.88 Å². The minimum atomic E-state index is -0.554. The summed E-state index contributed by atoms with van der Waals surface area (Å²) in [6, 6.07) is 24.0. The number of halogens is 1. The summed E-state index contributed by atoms with van der Waals surface area (Å²) in [7, 11) is 3.79. The zero-order valence-corrected chi connectivity index (χ0v) is 23.6. The molecule has 1 aromatic heterocycles. The van der Waals surface area contributed by atoms with Crippen LogP contribution in [0.2, 0.25) is 0 Å². The summed E-state index contributed by atoms with van der Waals surface area (Å²) < 4.78 is 6.79. The number of carbonyl (C=O) groups is 2. The van der Waals surface area contributed by atoms with Crippen molar-refractivity contribution < 1.29 is 14.3 Å². The van der Waals surface area contributed by atoms with Crippen LogP contribution in [0.25, 0.3) is 17.3 Å². The summed E-state index contributed by atoms with van der Waals surface area (Å²) in [6.45, 7) is 0. The molecule has 1 fully saturated rings. The van der Waals surface area contributed by atoms with E-state index in [-0.39, 0.29) is 10.7 Å². The molecule has 0 aliphatic carbocycles. The van der Waals surface area contributed by atoms with Crippen LogP contribution in [-0.4, -0.2) is 36.0 Å². The number of nitrogens with one attached hydrogen (secondary N) is 1. The first kappa shape index (κ1) is 25.8. The largest absolute Gasteiger partial charge is 0.457 e. The van der Waals surface area contributed by atoms with Gasteiger partial charge in [-0.2, -0.15) is 0 Å². The van der Waals surface area contributed by atoms with Crippen LogP contribution in [0.5, 0.6) is 11.5 Å². The standard InChI is InChI=1S/C28H21BrN4O3S2/c1-32(2)28-30-24(17-8-10-18(29)11-9-17)23(38-28)16-22-25(34)31-27(37)33(26(22)35)19-12-14-21(15-13-19)36-20-6-4-3-5-7-20/h3-16H,1-2H3,(H,31,34,37). The second-order valence-corrected chi connectivity index (χ2v) is 10.8. The number of benzene rings is 3. The molecule has 1 aliphatic rings. The fourth-order valence-electron chi connectivity index (χ4n) is 3.73. The minimum absolute atomic E-state index is 0.0142. The number of rotatable bonds is 6. The molecule has 190 valence electrons. The molecule has 0 atom stereocenters. The quantitative estimate of drug-likeness (QED) is 0.159. The van der Waals surface area contributed by atoms with Crippen LogP contribution in [0.4, 0.5) is 10.8 Å². The Morgan fingerprint density at radius 2 is 1.63 bits per heavy atom. The number of thiocarbonyl (C=S) groups is 1. The van der Waals surface area contributed by atoms with Crippen molar-refractivity contribution in [1.29, 1.82) is 0 Å². The predicted octanol–water partition coefficient (Wildman–Crippen LogP) is 6.26. The Labute approximate surface area is 237 Å². The van der Waals surface area contributed by atoms with Crippen LogP contribution in [0, 0.1) is 0 Å². The maximum atomic E-state index is 13.6.